The zero-order valence-electron chi connectivity index (χ0n) is 12.5. The first-order valence-electron chi connectivity index (χ1n) is 7.48. The molecular formula is C16H24F2N2. The number of benzene rings is 1. The summed E-state index contributed by atoms with van der Waals surface area (Å²) in [5, 5.41) is 3.09. The summed E-state index contributed by atoms with van der Waals surface area (Å²) < 4.78 is 28.6. The number of hydrogen-bond donors (Lipinski definition) is 1. The van der Waals surface area contributed by atoms with E-state index in [0.29, 0.717) is 18.0 Å². The van der Waals surface area contributed by atoms with E-state index < -0.39 is 11.6 Å². The van der Waals surface area contributed by atoms with E-state index in [0.717, 1.165) is 25.9 Å². The Bertz CT molecular complexity index is 439. The highest BCUT2D eigenvalue weighted by Gasteiger charge is 2.27. The quantitative estimate of drug-likeness (QED) is 0.906. The first kappa shape index (κ1) is 15.2. The number of piperidine rings is 1. The van der Waals surface area contributed by atoms with Gasteiger partial charge in [-0.25, -0.2) is 8.78 Å². The van der Waals surface area contributed by atoms with Gasteiger partial charge in [-0.2, -0.15) is 0 Å². The Hall–Kier alpha value is -1.16. The second kappa shape index (κ2) is 6.53. The number of nitrogens with one attached hydrogen (secondary N) is 1. The minimum absolute atomic E-state index is 0.143. The highest BCUT2D eigenvalue weighted by molar-refractivity contribution is 5.52. The Morgan fingerprint density at radius 3 is 2.45 bits per heavy atom. The van der Waals surface area contributed by atoms with Crippen molar-refractivity contribution in [1.82, 2.24) is 5.32 Å². The van der Waals surface area contributed by atoms with Gasteiger partial charge < -0.3 is 10.2 Å². The molecule has 0 spiro atoms. The largest absolute Gasteiger partial charge is 0.364 e. The molecule has 1 aliphatic rings. The summed E-state index contributed by atoms with van der Waals surface area (Å²) in [5.74, 6) is -0.265. The smallest absolute Gasteiger partial charge is 0.149 e. The molecule has 0 bridgehead atoms. The summed E-state index contributed by atoms with van der Waals surface area (Å²) >= 11 is 0. The summed E-state index contributed by atoms with van der Waals surface area (Å²) in [7, 11) is 0. The van der Waals surface area contributed by atoms with Gasteiger partial charge in [-0.15, -0.1) is 0 Å². The molecule has 2 rings (SSSR count). The highest BCUT2D eigenvalue weighted by Crippen LogP contribution is 2.32. The molecule has 2 unspecified atom stereocenters. The SMILES string of the molecule is CCNCc1cc(F)c(N2CCC(C)CC2C)c(F)c1. The molecule has 0 amide bonds. The van der Waals surface area contributed by atoms with Gasteiger partial charge in [-0.3, -0.25) is 0 Å². The van der Waals surface area contributed by atoms with Crippen LogP contribution in [-0.4, -0.2) is 19.1 Å². The predicted octanol–water partition coefficient (Wildman–Crippen LogP) is 3.70. The van der Waals surface area contributed by atoms with Gasteiger partial charge in [0.25, 0.3) is 0 Å². The van der Waals surface area contributed by atoms with E-state index in [2.05, 4.69) is 12.2 Å². The van der Waals surface area contributed by atoms with Crippen molar-refractivity contribution in [2.24, 2.45) is 5.92 Å². The number of hydrogen-bond acceptors (Lipinski definition) is 2. The fraction of sp³-hybridized carbons (Fsp3) is 0.625. The first-order chi connectivity index (χ1) is 9.52. The van der Waals surface area contributed by atoms with E-state index >= 15 is 0 Å². The molecular weight excluding hydrogens is 258 g/mol. The van der Waals surface area contributed by atoms with Gasteiger partial charge in [0, 0.05) is 19.1 Å². The van der Waals surface area contributed by atoms with E-state index in [1.807, 2.05) is 18.7 Å². The molecule has 2 nitrogen and oxygen atoms in total. The maximum Gasteiger partial charge on any atom is 0.149 e. The van der Waals surface area contributed by atoms with Gasteiger partial charge >= 0.3 is 0 Å². The third-order valence-corrected chi connectivity index (χ3v) is 4.08. The standard InChI is InChI=1S/C16H24F2N2/c1-4-19-10-13-8-14(17)16(15(18)9-13)20-6-5-11(2)7-12(20)3/h8-9,11-12,19H,4-7,10H2,1-3H3. The number of halogens is 2. The van der Waals surface area contributed by atoms with E-state index in [-0.39, 0.29) is 11.7 Å². The number of anilines is 1. The molecule has 1 aliphatic heterocycles. The van der Waals surface area contributed by atoms with Crippen LogP contribution in [-0.2, 0) is 6.54 Å². The summed E-state index contributed by atoms with van der Waals surface area (Å²) in [6.07, 6.45) is 1.97. The molecule has 1 N–H and O–H groups in total. The molecule has 0 saturated carbocycles. The lowest BCUT2D eigenvalue weighted by atomic mass is 9.92. The van der Waals surface area contributed by atoms with Crippen LogP contribution in [0, 0.1) is 17.6 Å². The van der Waals surface area contributed by atoms with Gasteiger partial charge in [0.1, 0.15) is 17.3 Å². The molecule has 112 valence electrons. The molecule has 1 heterocycles. The van der Waals surface area contributed by atoms with E-state index in [1.54, 1.807) is 0 Å². The maximum atomic E-state index is 14.3. The lowest BCUT2D eigenvalue weighted by molar-refractivity contribution is 0.370. The molecule has 1 fully saturated rings. The summed E-state index contributed by atoms with van der Waals surface area (Å²) in [6.45, 7) is 8.21. The molecule has 1 saturated heterocycles. The Kier molecular flexibility index (Phi) is 4.97. The van der Waals surface area contributed by atoms with Crippen molar-refractivity contribution in [2.45, 2.75) is 46.2 Å². The van der Waals surface area contributed by atoms with Gasteiger partial charge in [0.15, 0.2) is 0 Å². The lowest BCUT2D eigenvalue weighted by Crippen LogP contribution is -2.41. The molecule has 4 heteroatoms. The predicted molar refractivity (Wildman–Crippen MR) is 78.9 cm³/mol. The molecule has 1 aromatic rings. The van der Waals surface area contributed by atoms with Crippen LogP contribution in [0.5, 0.6) is 0 Å². The second-order valence-corrected chi connectivity index (χ2v) is 5.86. The van der Waals surface area contributed by atoms with Crippen molar-refractivity contribution in [3.8, 4) is 0 Å². The van der Waals surface area contributed by atoms with Crippen LogP contribution in [0.15, 0.2) is 12.1 Å². The highest BCUT2D eigenvalue weighted by atomic mass is 19.1. The molecule has 2 atom stereocenters. The Morgan fingerprint density at radius 1 is 1.25 bits per heavy atom. The van der Waals surface area contributed by atoms with E-state index in [4.69, 9.17) is 0 Å². The topological polar surface area (TPSA) is 15.3 Å². The number of nitrogens with zero attached hydrogens (tertiary/aromatic N) is 1. The van der Waals surface area contributed by atoms with Crippen molar-refractivity contribution in [3.63, 3.8) is 0 Å². The first-order valence-corrected chi connectivity index (χ1v) is 7.48. The van der Waals surface area contributed by atoms with Crippen LogP contribution in [0.25, 0.3) is 0 Å². The zero-order chi connectivity index (χ0) is 14.7. The van der Waals surface area contributed by atoms with Gasteiger partial charge in [0.2, 0.25) is 0 Å². The Balaban J connectivity index is 2.23. The van der Waals surface area contributed by atoms with E-state index in [9.17, 15) is 8.78 Å². The average Bonchev–Trinajstić information content (AvgIpc) is 2.38. The van der Waals surface area contributed by atoms with Crippen molar-refractivity contribution in [2.75, 3.05) is 18.0 Å². The van der Waals surface area contributed by atoms with Crippen molar-refractivity contribution in [1.29, 1.82) is 0 Å². The van der Waals surface area contributed by atoms with Crippen molar-refractivity contribution in [3.05, 3.63) is 29.3 Å². The van der Waals surface area contributed by atoms with Crippen molar-refractivity contribution >= 4 is 5.69 Å². The molecule has 0 aromatic heterocycles. The van der Waals surface area contributed by atoms with Crippen LogP contribution in [0.1, 0.15) is 39.2 Å². The van der Waals surface area contributed by atoms with Crippen LogP contribution in [0.2, 0.25) is 0 Å². The number of rotatable bonds is 4. The van der Waals surface area contributed by atoms with Crippen molar-refractivity contribution < 1.29 is 8.78 Å². The monoisotopic (exact) mass is 282 g/mol. The summed E-state index contributed by atoms with van der Waals surface area (Å²) in [6, 6.07) is 3.08. The van der Waals surface area contributed by atoms with Gasteiger partial charge in [-0.05, 0) is 49.9 Å². The minimum Gasteiger partial charge on any atom is -0.364 e. The normalized spacial score (nSPS) is 23.1. The summed E-state index contributed by atoms with van der Waals surface area (Å²) in [4.78, 5) is 1.88. The molecule has 0 radical (unpaired) electrons. The van der Waals surface area contributed by atoms with Crippen LogP contribution in [0.4, 0.5) is 14.5 Å². The fourth-order valence-corrected chi connectivity index (χ4v) is 3.00. The van der Waals surface area contributed by atoms with Crippen LogP contribution >= 0.6 is 0 Å². The lowest BCUT2D eigenvalue weighted by Gasteiger charge is -2.38. The third-order valence-electron chi connectivity index (χ3n) is 4.08. The maximum absolute atomic E-state index is 14.3. The second-order valence-electron chi connectivity index (χ2n) is 5.86. The molecule has 1 aromatic carbocycles. The molecule has 0 aliphatic carbocycles. The zero-order valence-corrected chi connectivity index (χ0v) is 12.5. The molecule has 20 heavy (non-hydrogen) atoms. The van der Waals surface area contributed by atoms with Crippen LogP contribution < -0.4 is 10.2 Å². The Morgan fingerprint density at radius 2 is 1.90 bits per heavy atom. The Labute approximate surface area is 120 Å². The minimum atomic E-state index is -0.445. The third kappa shape index (κ3) is 3.29. The van der Waals surface area contributed by atoms with Gasteiger partial charge in [-0.1, -0.05) is 13.8 Å². The van der Waals surface area contributed by atoms with Gasteiger partial charge in [0.05, 0.1) is 0 Å². The summed E-state index contributed by atoms with van der Waals surface area (Å²) in [5.41, 5.74) is 0.799. The fourth-order valence-electron chi connectivity index (χ4n) is 3.00. The van der Waals surface area contributed by atoms with E-state index in [1.165, 1.54) is 12.1 Å². The van der Waals surface area contributed by atoms with Crippen LogP contribution in [0.3, 0.4) is 0 Å². The average molecular weight is 282 g/mol.